The van der Waals surface area contributed by atoms with Crippen molar-refractivity contribution in [3.8, 4) is 0 Å². The maximum atomic E-state index is 13.0. The van der Waals surface area contributed by atoms with E-state index in [4.69, 9.17) is 4.42 Å². The molecule has 0 aliphatic carbocycles. The van der Waals surface area contributed by atoms with Crippen LogP contribution in [0.4, 0.5) is 5.69 Å². The van der Waals surface area contributed by atoms with Crippen LogP contribution >= 0.6 is 0 Å². The Morgan fingerprint density at radius 2 is 1.80 bits per heavy atom. The minimum atomic E-state index is -0.482. The summed E-state index contributed by atoms with van der Waals surface area (Å²) in [5.41, 5.74) is 0.783. The third-order valence-corrected chi connectivity index (χ3v) is 5.61. The largest absolute Gasteiger partial charge is 0.465 e. The summed E-state index contributed by atoms with van der Waals surface area (Å²) in [5, 5.41) is 0. The molecule has 2 aliphatic rings. The van der Waals surface area contributed by atoms with Crippen molar-refractivity contribution in [3.05, 3.63) is 54.0 Å². The zero-order valence-corrected chi connectivity index (χ0v) is 16.5. The average Bonchev–Trinajstić information content (AvgIpc) is 3.41. The summed E-state index contributed by atoms with van der Waals surface area (Å²) in [5.74, 6) is -0.874. The fourth-order valence-corrected chi connectivity index (χ4v) is 3.99. The highest BCUT2D eigenvalue weighted by atomic mass is 16.5. The summed E-state index contributed by atoms with van der Waals surface area (Å²) in [7, 11) is 1.29. The van der Waals surface area contributed by atoms with E-state index < -0.39 is 12.0 Å². The molecule has 9 heteroatoms. The lowest BCUT2D eigenvalue weighted by Gasteiger charge is -2.34. The van der Waals surface area contributed by atoms with E-state index in [1.807, 2.05) is 0 Å². The van der Waals surface area contributed by atoms with E-state index in [0.717, 1.165) is 4.90 Å². The monoisotopic (exact) mass is 412 g/mol. The molecule has 0 saturated carbocycles. The molecule has 0 bridgehead atoms. The lowest BCUT2D eigenvalue weighted by atomic mass is 10.1. The van der Waals surface area contributed by atoms with Gasteiger partial charge in [0.15, 0.2) is 11.8 Å². The standard InChI is InChI=1S/C21H21N3O6/c1-29-21(28)14-4-6-15(7-5-14)24-18(25)13-16(19(24)26)22-8-10-23(11-9-22)20(27)17-3-2-12-30-17/h2-7,12,16H,8-11,13H2,1H3/p+1/t16-/m0/s1. The van der Waals surface area contributed by atoms with Crippen LogP contribution in [0, 0.1) is 0 Å². The number of anilines is 1. The average molecular weight is 412 g/mol. The first kappa shape index (κ1) is 19.8. The maximum absolute atomic E-state index is 13.0. The predicted octanol–water partition coefficient (Wildman–Crippen LogP) is -0.261. The number of nitrogens with zero attached hydrogens (tertiary/aromatic N) is 2. The number of hydrogen-bond donors (Lipinski definition) is 1. The number of hydrogen-bond acceptors (Lipinski definition) is 6. The highest BCUT2D eigenvalue weighted by Gasteiger charge is 2.46. The van der Waals surface area contributed by atoms with E-state index in [0.29, 0.717) is 43.2 Å². The van der Waals surface area contributed by atoms with Crippen molar-refractivity contribution >= 4 is 29.4 Å². The molecule has 1 aromatic heterocycles. The highest BCUT2D eigenvalue weighted by molar-refractivity contribution is 6.22. The number of piperazine rings is 1. The fraction of sp³-hybridized carbons (Fsp3) is 0.333. The Morgan fingerprint density at radius 3 is 2.40 bits per heavy atom. The van der Waals surface area contributed by atoms with Gasteiger partial charge >= 0.3 is 5.97 Å². The van der Waals surface area contributed by atoms with Crippen LogP contribution in [-0.2, 0) is 14.3 Å². The molecule has 1 atom stereocenters. The van der Waals surface area contributed by atoms with Crippen LogP contribution in [0.3, 0.4) is 0 Å². The Hall–Kier alpha value is -3.46. The number of carbonyl (C=O) groups is 4. The minimum absolute atomic E-state index is 0.124. The number of quaternary nitrogens is 1. The second-order valence-corrected chi connectivity index (χ2v) is 7.29. The molecule has 0 unspecified atom stereocenters. The van der Waals surface area contributed by atoms with Gasteiger partial charge in [-0.1, -0.05) is 0 Å². The van der Waals surface area contributed by atoms with E-state index in [1.54, 1.807) is 29.2 Å². The normalized spacial score (nSPS) is 20.0. The number of ether oxygens (including phenoxy) is 1. The Labute approximate surface area is 172 Å². The number of imide groups is 1. The number of esters is 1. The number of methoxy groups -OCH3 is 1. The number of nitrogens with one attached hydrogen (secondary N) is 1. The summed E-state index contributed by atoms with van der Waals surface area (Å²) in [6, 6.07) is 9.02. The second-order valence-electron chi connectivity index (χ2n) is 7.29. The summed E-state index contributed by atoms with van der Waals surface area (Å²) < 4.78 is 9.83. The van der Waals surface area contributed by atoms with Crippen LogP contribution in [0.2, 0.25) is 0 Å². The Balaban J connectivity index is 1.41. The molecule has 1 aromatic carbocycles. The lowest BCUT2D eigenvalue weighted by Crippen LogP contribution is -3.19. The number of amides is 3. The van der Waals surface area contributed by atoms with Crippen molar-refractivity contribution in [2.45, 2.75) is 12.5 Å². The first-order chi connectivity index (χ1) is 14.5. The lowest BCUT2D eigenvalue weighted by molar-refractivity contribution is -0.918. The Bertz CT molecular complexity index is 961. The van der Waals surface area contributed by atoms with Crippen LogP contribution in [0.5, 0.6) is 0 Å². The van der Waals surface area contributed by atoms with Gasteiger partial charge in [-0.25, -0.2) is 9.69 Å². The summed E-state index contributed by atoms with van der Waals surface area (Å²) in [6.07, 6.45) is 1.59. The predicted molar refractivity (Wildman–Crippen MR) is 104 cm³/mol. The van der Waals surface area contributed by atoms with Crippen molar-refractivity contribution in [2.24, 2.45) is 0 Å². The SMILES string of the molecule is COC(=O)c1ccc(N2C(=O)C[C@H]([NH+]3CCN(C(=O)c4ccco4)CC3)C2=O)cc1. The van der Waals surface area contributed by atoms with Crippen molar-refractivity contribution in [1.29, 1.82) is 0 Å². The van der Waals surface area contributed by atoms with Crippen LogP contribution in [0.25, 0.3) is 0 Å². The summed E-state index contributed by atoms with van der Waals surface area (Å²) in [4.78, 5) is 53.4. The van der Waals surface area contributed by atoms with Crippen molar-refractivity contribution in [3.63, 3.8) is 0 Å². The van der Waals surface area contributed by atoms with Gasteiger partial charge in [0.05, 0.1) is 57.2 Å². The maximum Gasteiger partial charge on any atom is 0.337 e. The molecule has 2 fully saturated rings. The number of furan rings is 1. The third kappa shape index (κ3) is 3.59. The molecule has 2 aromatic rings. The van der Waals surface area contributed by atoms with Crippen LogP contribution in [-0.4, -0.2) is 67.9 Å². The second kappa shape index (κ2) is 8.11. The molecular formula is C21H22N3O6+. The fourth-order valence-electron chi connectivity index (χ4n) is 3.99. The molecule has 4 rings (SSSR count). The van der Waals surface area contributed by atoms with Gasteiger partial charge in [0.25, 0.3) is 11.8 Å². The molecule has 1 N–H and O–H groups in total. The van der Waals surface area contributed by atoms with Gasteiger partial charge in [-0.3, -0.25) is 14.4 Å². The van der Waals surface area contributed by atoms with Gasteiger partial charge < -0.3 is 19.0 Å². The number of carbonyl (C=O) groups excluding carboxylic acids is 4. The van der Waals surface area contributed by atoms with E-state index >= 15 is 0 Å². The molecule has 3 heterocycles. The van der Waals surface area contributed by atoms with Gasteiger partial charge in [-0.2, -0.15) is 0 Å². The zero-order chi connectivity index (χ0) is 21.3. The molecular weight excluding hydrogens is 390 g/mol. The van der Waals surface area contributed by atoms with Crippen molar-refractivity contribution in [2.75, 3.05) is 38.2 Å². The van der Waals surface area contributed by atoms with Crippen molar-refractivity contribution < 1.29 is 33.2 Å². The van der Waals surface area contributed by atoms with Crippen LogP contribution in [0.1, 0.15) is 27.3 Å². The quantitative estimate of drug-likeness (QED) is 0.549. The summed E-state index contributed by atoms with van der Waals surface area (Å²) in [6.45, 7) is 2.12. The van der Waals surface area contributed by atoms with Crippen LogP contribution in [0.15, 0.2) is 47.1 Å². The molecule has 156 valence electrons. The molecule has 30 heavy (non-hydrogen) atoms. The molecule has 2 saturated heterocycles. The number of rotatable bonds is 4. The molecule has 0 spiro atoms. The Kier molecular flexibility index (Phi) is 5.37. The third-order valence-electron chi connectivity index (χ3n) is 5.61. The van der Waals surface area contributed by atoms with Gasteiger partial charge in [0.2, 0.25) is 5.91 Å². The Morgan fingerprint density at radius 1 is 1.10 bits per heavy atom. The van der Waals surface area contributed by atoms with Gasteiger partial charge in [0.1, 0.15) is 0 Å². The van der Waals surface area contributed by atoms with Crippen molar-refractivity contribution in [1.82, 2.24) is 4.90 Å². The van der Waals surface area contributed by atoms with Crippen LogP contribution < -0.4 is 9.80 Å². The minimum Gasteiger partial charge on any atom is -0.465 e. The molecule has 9 nitrogen and oxygen atoms in total. The van der Waals surface area contributed by atoms with E-state index in [2.05, 4.69) is 4.74 Å². The van der Waals surface area contributed by atoms with E-state index in [9.17, 15) is 19.2 Å². The topological polar surface area (TPSA) is 102 Å². The van der Waals surface area contributed by atoms with E-state index in [1.165, 1.54) is 30.4 Å². The first-order valence-electron chi connectivity index (χ1n) is 9.72. The number of benzene rings is 1. The molecule has 3 amide bonds. The van der Waals surface area contributed by atoms with Gasteiger partial charge in [-0.05, 0) is 36.4 Å². The molecule has 0 radical (unpaired) electrons. The molecule has 2 aliphatic heterocycles. The smallest absolute Gasteiger partial charge is 0.337 e. The zero-order valence-electron chi connectivity index (χ0n) is 16.5. The highest BCUT2D eigenvalue weighted by Crippen LogP contribution is 2.23. The van der Waals surface area contributed by atoms with Gasteiger partial charge in [-0.15, -0.1) is 0 Å². The summed E-state index contributed by atoms with van der Waals surface area (Å²) >= 11 is 0. The van der Waals surface area contributed by atoms with Gasteiger partial charge in [0, 0.05) is 0 Å². The van der Waals surface area contributed by atoms with E-state index in [-0.39, 0.29) is 24.1 Å². The first-order valence-corrected chi connectivity index (χ1v) is 9.72.